The zero-order valence-electron chi connectivity index (χ0n) is 51.8. The minimum atomic E-state index is -1.65. The van der Waals surface area contributed by atoms with Crippen LogP contribution in [0.2, 0.25) is 0 Å². The topological polar surface area (TPSA) is 366 Å². The molecule has 12 amide bonds. The van der Waals surface area contributed by atoms with Crippen LogP contribution in [-0.4, -0.2) is 170 Å². The van der Waals surface area contributed by atoms with Crippen LogP contribution in [0.1, 0.15) is 175 Å². The van der Waals surface area contributed by atoms with Crippen molar-refractivity contribution in [2.24, 2.45) is 35.3 Å². The maximum atomic E-state index is 14.5. The van der Waals surface area contributed by atoms with Gasteiger partial charge in [0.05, 0.1) is 12.6 Å². The molecule has 2 heterocycles. The molecular formula is C57H100N12O13. The third kappa shape index (κ3) is 21.7. The predicted molar refractivity (Wildman–Crippen MR) is 307 cm³/mol. The molecule has 466 valence electrons. The largest absolute Gasteiger partial charge is 0.394 e. The van der Waals surface area contributed by atoms with Crippen LogP contribution in [0.3, 0.4) is 0 Å². The molecule has 2 fully saturated rings. The van der Waals surface area contributed by atoms with Crippen molar-refractivity contribution in [1.82, 2.24) is 57.7 Å². The number of aliphatic hydroxyl groups is 1. The molecule has 0 bridgehead atoms. The summed E-state index contributed by atoms with van der Waals surface area (Å²) in [5.74, 6) is -8.79. The number of nitrogens with one attached hydrogen (secondary N) is 9. The molecule has 0 aromatic heterocycles. The Kier molecular flexibility index (Phi) is 27.4. The van der Waals surface area contributed by atoms with E-state index in [1.807, 2.05) is 41.5 Å². The number of primary amides is 1. The monoisotopic (exact) mass is 1160 g/mol. The summed E-state index contributed by atoms with van der Waals surface area (Å²) in [7, 11) is 0. The van der Waals surface area contributed by atoms with E-state index in [9.17, 15) is 62.6 Å². The SMILES string of the molecule is CC(=O)NC(C)(C)C(=O)N[C@H](CCC(N)=O)C(=O)N[C@H](CC(C)C)C(=O)N[C@H](C(=O)NC(C)(C)C(=O)N1CCC[C@H]1C(=O)N[C@@H](CC(C)C)C(=O)N[C@H](CC(C)C)C(=O)NC(C)(C)C(=O)N1CCC[C@H]1C(=O)N[C@H](CO)C(C)C)C(C)C. The Bertz CT molecular complexity index is 2300. The first kappa shape index (κ1) is 71.7. The molecule has 0 unspecified atom stereocenters. The number of rotatable bonds is 31. The highest BCUT2D eigenvalue weighted by Crippen LogP contribution is 2.25. The van der Waals surface area contributed by atoms with Crippen molar-refractivity contribution in [2.45, 2.75) is 240 Å². The zero-order chi connectivity index (χ0) is 62.9. The van der Waals surface area contributed by atoms with Crippen LogP contribution in [-0.2, 0) is 57.5 Å². The van der Waals surface area contributed by atoms with Crippen molar-refractivity contribution in [2.75, 3.05) is 19.7 Å². The fraction of sp³-hybridized carbons (Fsp3) is 0.789. The van der Waals surface area contributed by atoms with Crippen LogP contribution in [0.5, 0.6) is 0 Å². The van der Waals surface area contributed by atoms with Gasteiger partial charge in [-0.25, -0.2) is 0 Å². The van der Waals surface area contributed by atoms with Gasteiger partial charge in [-0.1, -0.05) is 69.2 Å². The number of hydrogen-bond acceptors (Lipinski definition) is 13. The van der Waals surface area contributed by atoms with Gasteiger partial charge in [0, 0.05) is 26.4 Å². The first-order chi connectivity index (χ1) is 37.8. The molecule has 2 aliphatic rings. The summed E-state index contributed by atoms with van der Waals surface area (Å²) >= 11 is 0. The van der Waals surface area contributed by atoms with Crippen LogP contribution in [0.25, 0.3) is 0 Å². The molecule has 0 saturated carbocycles. The first-order valence-electron chi connectivity index (χ1n) is 29.0. The van der Waals surface area contributed by atoms with E-state index in [0.717, 1.165) is 0 Å². The quantitative estimate of drug-likeness (QED) is 0.0445. The minimum Gasteiger partial charge on any atom is -0.394 e. The average molecular weight is 1160 g/mol. The van der Waals surface area contributed by atoms with Crippen LogP contribution in [0, 0.1) is 29.6 Å². The molecule has 25 heteroatoms. The van der Waals surface area contributed by atoms with Gasteiger partial charge in [-0.3, -0.25) is 57.5 Å². The van der Waals surface area contributed by atoms with Crippen molar-refractivity contribution in [1.29, 1.82) is 0 Å². The van der Waals surface area contributed by atoms with Gasteiger partial charge in [-0.2, -0.15) is 0 Å². The number of amides is 12. The molecule has 0 radical (unpaired) electrons. The molecule has 0 aliphatic carbocycles. The highest BCUT2D eigenvalue weighted by Gasteiger charge is 2.46. The smallest absolute Gasteiger partial charge is 0.248 e. The van der Waals surface area contributed by atoms with Crippen LogP contribution in [0.4, 0.5) is 0 Å². The van der Waals surface area contributed by atoms with E-state index in [1.54, 1.807) is 27.7 Å². The number of hydrogen-bond donors (Lipinski definition) is 11. The molecule has 0 spiro atoms. The summed E-state index contributed by atoms with van der Waals surface area (Å²) in [4.78, 5) is 166. The summed E-state index contributed by atoms with van der Waals surface area (Å²) in [5, 5.41) is 34.2. The summed E-state index contributed by atoms with van der Waals surface area (Å²) in [5.41, 5.74) is 0.750. The number of aliphatic hydroxyl groups excluding tert-OH is 1. The van der Waals surface area contributed by atoms with Gasteiger partial charge in [-0.05, 0) is 122 Å². The van der Waals surface area contributed by atoms with Crippen LogP contribution >= 0.6 is 0 Å². The van der Waals surface area contributed by atoms with Crippen LogP contribution < -0.4 is 53.6 Å². The Labute approximate surface area is 485 Å². The fourth-order valence-corrected chi connectivity index (χ4v) is 9.97. The lowest BCUT2D eigenvalue weighted by molar-refractivity contribution is -0.146. The van der Waals surface area contributed by atoms with Gasteiger partial charge in [0.25, 0.3) is 0 Å². The summed E-state index contributed by atoms with van der Waals surface area (Å²) < 4.78 is 0. The minimum absolute atomic E-state index is 0.0530. The lowest BCUT2D eigenvalue weighted by Crippen LogP contribution is -2.64. The van der Waals surface area contributed by atoms with Crippen molar-refractivity contribution >= 4 is 70.9 Å². The fourth-order valence-electron chi connectivity index (χ4n) is 9.97. The third-order valence-corrected chi connectivity index (χ3v) is 14.5. The molecule has 0 aromatic rings. The van der Waals surface area contributed by atoms with Crippen molar-refractivity contribution < 1.29 is 62.6 Å². The van der Waals surface area contributed by atoms with Crippen molar-refractivity contribution in [3.8, 4) is 0 Å². The zero-order valence-corrected chi connectivity index (χ0v) is 51.8. The highest BCUT2D eigenvalue weighted by molar-refractivity contribution is 6.00. The van der Waals surface area contributed by atoms with Gasteiger partial charge in [0.2, 0.25) is 70.9 Å². The average Bonchev–Trinajstić information content (AvgIpc) is 4.12. The molecule has 0 aromatic carbocycles. The maximum Gasteiger partial charge on any atom is 0.248 e. The third-order valence-electron chi connectivity index (χ3n) is 14.5. The van der Waals surface area contributed by atoms with E-state index in [0.29, 0.717) is 19.3 Å². The van der Waals surface area contributed by atoms with Crippen molar-refractivity contribution in [3.63, 3.8) is 0 Å². The highest BCUT2D eigenvalue weighted by atomic mass is 16.3. The van der Waals surface area contributed by atoms with E-state index in [-0.39, 0.29) is 81.9 Å². The standard InChI is InChI=1S/C57H100N12O13/c1-30(2)26-37(46(74)60-39(28-32(5)6)48(76)66-56(14,15)53(81)69-25-19-21-42(69)50(78)62-40(29-70)33(7)8)61-49(77)41-20-18-24-68(41)54(82)57(16,17)67-51(79)44(34(9)10)64-47(75)38(27-31(3)4)59-45(73)36(22-23-43(58)72)63-52(80)55(12,13)65-35(11)71/h30-34,36-42,44,70H,18-29H2,1-17H3,(H2,58,72)(H,59,73)(H,60,74)(H,61,77)(H,62,78)(H,63,80)(H,64,75)(H,65,71)(H,66,76)(H,67,79)/t36-,37+,38-,39-,40-,41+,42+,44+/m1/s1. The van der Waals surface area contributed by atoms with E-state index in [2.05, 4.69) is 47.9 Å². The van der Waals surface area contributed by atoms with E-state index >= 15 is 0 Å². The summed E-state index contributed by atoms with van der Waals surface area (Å²) in [6.07, 6.45) is 1.49. The van der Waals surface area contributed by atoms with E-state index < -0.39 is 142 Å². The Morgan fingerprint density at radius 1 is 0.500 bits per heavy atom. The first-order valence-corrected chi connectivity index (χ1v) is 29.0. The molecular weight excluding hydrogens is 1060 g/mol. The molecule has 8 atom stereocenters. The Morgan fingerprint density at radius 2 is 0.902 bits per heavy atom. The number of nitrogens with two attached hydrogens (primary N) is 1. The van der Waals surface area contributed by atoms with E-state index in [1.165, 1.54) is 58.3 Å². The molecule has 25 nitrogen and oxygen atoms in total. The summed E-state index contributed by atoms with van der Waals surface area (Å²) in [6.45, 7) is 28.3. The second-order valence-corrected chi connectivity index (χ2v) is 25.7. The normalized spacial score (nSPS) is 18.0. The lowest BCUT2D eigenvalue weighted by Gasteiger charge is -2.36. The van der Waals surface area contributed by atoms with Gasteiger partial charge < -0.3 is 68.5 Å². The van der Waals surface area contributed by atoms with Crippen LogP contribution in [0.15, 0.2) is 0 Å². The Hall–Kier alpha value is -6.40. The Morgan fingerprint density at radius 3 is 1.30 bits per heavy atom. The van der Waals surface area contributed by atoms with Gasteiger partial charge in [0.1, 0.15) is 58.9 Å². The second kappa shape index (κ2) is 31.3. The summed E-state index contributed by atoms with van der Waals surface area (Å²) in [6, 6.07) is -8.51. The van der Waals surface area contributed by atoms with Gasteiger partial charge in [0.15, 0.2) is 0 Å². The molecule has 82 heavy (non-hydrogen) atoms. The number of carbonyl (C=O) groups is 12. The van der Waals surface area contributed by atoms with Gasteiger partial charge in [-0.15, -0.1) is 0 Å². The molecule has 2 aliphatic heterocycles. The number of nitrogens with zero attached hydrogens (tertiary/aromatic N) is 2. The lowest BCUT2D eigenvalue weighted by atomic mass is 9.97. The predicted octanol–water partition coefficient (Wildman–Crippen LogP) is 0.290. The molecule has 2 rings (SSSR count). The second-order valence-electron chi connectivity index (χ2n) is 25.7. The molecule has 12 N–H and O–H groups in total. The van der Waals surface area contributed by atoms with Gasteiger partial charge >= 0.3 is 0 Å². The van der Waals surface area contributed by atoms with Crippen molar-refractivity contribution in [3.05, 3.63) is 0 Å². The number of likely N-dealkylation sites (tertiary alicyclic amines) is 2. The number of carbonyl (C=O) groups excluding carboxylic acids is 12. The molecule has 2 saturated heterocycles. The maximum absolute atomic E-state index is 14.5. The Balaban J connectivity index is 2.30. The van der Waals surface area contributed by atoms with E-state index in [4.69, 9.17) is 5.73 Å².